The molecule has 1 N–H and O–H groups in total. The van der Waals surface area contributed by atoms with Gasteiger partial charge in [0.1, 0.15) is 6.26 Å². The lowest BCUT2D eigenvalue weighted by molar-refractivity contribution is -0.121. The van der Waals surface area contributed by atoms with Gasteiger partial charge < -0.3 is 14.6 Å². The molecule has 5 nitrogen and oxygen atoms in total. The van der Waals surface area contributed by atoms with Crippen molar-refractivity contribution in [3.05, 3.63) is 52.4 Å². The second kappa shape index (κ2) is 7.28. The van der Waals surface area contributed by atoms with Gasteiger partial charge in [0.2, 0.25) is 5.91 Å². The van der Waals surface area contributed by atoms with Crippen LogP contribution in [0.15, 0.2) is 41.2 Å². The number of piperidine rings is 1. The maximum Gasteiger partial charge on any atom is 0.257 e. The number of amides is 2. The topological polar surface area (TPSA) is 62.6 Å². The fourth-order valence-electron chi connectivity index (χ4n) is 2.77. The van der Waals surface area contributed by atoms with Crippen LogP contribution in [-0.2, 0) is 4.79 Å². The summed E-state index contributed by atoms with van der Waals surface area (Å²) < 4.78 is 4.95. The van der Waals surface area contributed by atoms with E-state index >= 15 is 0 Å². The minimum Gasteiger partial charge on any atom is -0.472 e. The Kier molecular flexibility index (Phi) is 5.11. The van der Waals surface area contributed by atoms with Crippen LogP contribution in [-0.4, -0.2) is 29.8 Å². The van der Waals surface area contributed by atoms with Crippen molar-refractivity contribution in [1.29, 1.82) is 0 Å². The Balaban J connectivity index is 1.67. The SMILES string of the molecule is O=C(Nc1cc(Cl)ccc1Cl)C1CCCN(C(=O)c2ccoc2)C1. The highest BCUT2D eigenvalue weighted by Gasteiger charge is 2.29. The first-order valence-corrected chi connectivity index (χ1v) is 8.37. The van der Waals surface area contributed by atoms with Gasteiger partial charge in [-0.3, -0.25) is 9.59 Å². The van der Waals surface area contributed by atoms with Crippen LogP contribution in [0.5, 0.6) is 0 Å². The lowest BCUT2D eigenvalue weighted by Gasteiger charge is -2.31. The Morgan fingerprint density at radius 2 is 2.08 bits per heavy atom. The molecule has 3 rings (SSSR count). The zero-order chi connectivity index (χ0) is 17.1. The van der Waals surface area contributed by atoms with Crippen molar-refractivity contribution in [2.75, 3.05) is 18.4 Å². The van der Waals surface area contributed by atoms with Gasteiger partial charge in [0.05, 0.1) is 28.5 Å². The molecule has 0 saturated carbocycles. The summed E-state index contributed by atoms with van der Waals surface area (Å²) in [6.07, 6.45) is 4.37. The van der Waals surface area contributed by atoms with Gasteiger partial charge in [-0.2, -0.15) is 0 Å². The summed E-state index contributed by atoms with van der Waals surface area (Å²) in [6, 6.07) is 6.53. The number of benzene rings is 1. The van der Waals surface area contributed by atoms with Crippen molar-refractivity contribution < 1.29 is 14.0 Å². The number of hydrogen-bond donors (Lipinski definition) is 1. The van der Waals surface area contributed by atoms with Gasteiger partial charge >= 0.3 is 0 Å². The van der Waals surface area contributed by atoms with Crippen LogP contribution in [0.2, 0.25) is 10.0 Å². The molecule has 1 unspecified atom stereocenters. The zero-order valence-corrected chi connectivity index (χ0v) is 14.3. The Hall–Kier alpha value is -1.98. The summed E-state index contributed by atoms with van der Waals surface area (Å²) in [4.78, 5) is 26.6. The van der Waals surface area contributed by atoms with Crippen molar-refractivity contribution in [2.24, 2.45) is 5.92 Å². The number of halogens is 2. The van der Waals surface area contributed by atoms with E-state index in [0.717, 1.165) is 12.8 Å². The van der Waals surface area contributed by atoms with Crippen molar-refractivity contribution in [2.45, 2.75) is 12.8 Å². The average Bonchev–Trinajstić information content (AvgIpc) is 3.12. The minimum atomic E-state index is -0.287. The first kappa shape index (κ1) is 16.9. The number of carbonyl (C=O) groups is 2. The van der Waals surface area contributed by atoms with Gasteiger partial charge in [-0.25, -0.2) is 0 Å². The number of likely N-dealkylation sites (tertiary alicyclic amines) is 1. The summed E-state index contributed by atoms with van der Waals surface area (Å²) >= 11 is 12.0. The van der Waals surface area contributed by atoms with Crippen LogP contribution in [0.4, 0.5) is 5.69 Å². The molecular formula is C17H16Cl2N2O3. The molecule has 0 bridgehead atoms. The maximum absolute atomic E-state index is 12.5. The molecule has 24 heavy (non-hydrogen) atoms. The van der Waals surface area contributed by atoms with Crippen molar-refractivity contribution in [3.8, 4) is 0 Å². The van der Waals surface area contributed by atoms with Crippen LogP contribution in [0, 0.1) is 5.92 Å². The van der Waals surface area contributed by atoms with Gasteiger partial charge in [0.25, 0.3) is 5.91 Å². The van der Waals surface area contributed by atoms with Crippen molar-refractivity contribution >= 4 is 40.7 Å². The predicted molar refractivity (Wildman–Crippen MR) is 92.4 cm³/mol. The van der Waals surface area contributed by atoms with E-state index in [2.05, 4.69) is 5.32 Å². The monoisotopic (exact) mass is 366 g/mol. The fraction of sp³-hybridized carbons (Fsp3) is 0.294. The predicted octanol–water partition coefficient (Wildman–Crippen LogP) is 4.08. The summed E-state index contributed by atoms with van der Waals surface area (Å²) in [5, 5.41) is 3.72. The number of rotatable bonds is 3. The van der Waals surface area contributed by atoms with Gasteiger partial charge in [-0.05, 0) is 37.1 Å². The number of nitrogens with zero attached hydrogens (tertiary/aromatic N) is 1. The molecule has 1 atom stereocenters. The Bertz CT molecular complexity index is 746. The lowest BCUT2D eigenvalue weighted by atomic mass is 9.96. The normalized spacial score (nSPS) is 17.6. The smallest absolute Gasteiger partial charge is 0.257 e. The van der Waals surface area contributed by atoms with Crippen LogP contribution in [0.1, 0.15) is 23.2 Å². The molecule has 1 aromatic carbocycles. The van der Waals surface area contributed by atoms with Crippen LogP contribution >= 0.6 is 23.2 Å². The van der Waals surface area contributed by atoms with E-state index in [1.807, 2.05) is 0 Å². The Morgan fingerprint density at radius 3 is 2.83 bits per heavy atom. The van der Waals surface area contributed by atoms with Gasteiger partial charge in [-0.15, -0.1) is 0 Å². The molecule has 1 aliphatic heterocycles. The van der Waals surface area contributed by atoms with E-state index in [1.54, 1.807) is 29.2 Å². The molecule has 2 heterocycles. The van der Waals surface area contributed by atoms with Gasteiger partial charge in [-0.1, -0.05) is 23.2 Å². The standard InChI is InChI=1S/C17H16Cl2N2O3/c18-13-3-4-14(19)15(8-13)20-16(22)11-2-1-6-21(9-11)17(23)12-5-7-24-10-12/h3-5,7-8,10-11H,1-2,6,9H2,(H,20,22). The molecule has 0 aliphatic carbocycles. The molecule has 1 saturated heterocycles. The third-order valence-electron chi connectivity index (χ3n) is 4.03. The molecule has 2 amide bonds. The molecule has 7 heteroatoms. The quantitative estimate of drug-likeness (QED) is 0.889. The third kappa shape index (κ3) is 3.74. The first-order chi connectivity index (χ1) is 11.5. The van der Waals surface area contributed by atoms with Crippen molar-refractivity contribution in [1.82, 2.24) is 4.90 Å². The highest BCUT2D eigenvalue weighted by atomic mass is 35.5. The number of carbonyl (C=O) groups excluding carboxylic acids is 2. The van der Waals surface area contributed by atoms with Gasteiger partial charge in [0.15, 0.2) is 0 Å². The van der Waals surface area contributed by atoms with Crippen LogP contribution < -0.4 is 5.32 Å². The van der Waals surface area contributed by atoms with Crippen molar-refractivity contribution in [3.63, 3.8) is 0 Å². The number of anilines is 1. The minimum absolute atomic E-state index is 0.123. The molecule has 1 fully saturated rings. The van der Waals surface area contributed by atoms with Gasteiger partial charge in [0, 0.05) is 18.1 Å². The fourth-order valence-corrected chi connectivity index (χ4v) is 3.11. The Morgan fingerprint density at radius 1 is 1.25 bits per heavy atom. The van der Waals surface area contributed by atoms with E-state index in [-0.39, 0.29) is 17.7 Å². The molecule has 1 aromatic heterocycles. The maximum atomic E-state index is 12.5. The largest absolute Gasteiger partial charge is 0.472 e. The second-order valence-electron chi connectivity index (χ2n) is 5.72. The molecule has 2 aromatic rings. The van der Waals surface area contributed by atoms with E-state index in [0.29, 0.717) is 34.4 Å². The van der Waals surface area contributed by atoms with Crippen LogP contribution in [0.3, 0.4) is 0 Å². The highest BCUT2D eigenvalue weighted by molar-refractivity contribution is 6.35. The third-order valence-corrected chi connectivity index (χ3v) is 4.60. The number of nitrogens with one attached hydrogen (secondary N) is 1. The van der Waals surface area contributed by atoms with E-state index in [4.69, 9.17) is 27.6 Å². The molecule has 126 valence electrons. The zero-order valence-electron chi connectivity index (χ0n) is 12.8. The molecule has 1 aliphatic rings. The number of hydrogen-bond acceptors (Lipinski definition) is 3. The summed E-state index contributed by atoms with van der Waals surface area (Å²) in [5.41, 5.74) is 0.974. The second-order valence-corrected chi connectivity index (χ2v) is 6.56. The van der Waals surface area contributed by atoms with Crippen LogP contribution in [0.25, 0.3) is 0 Å². The van der Waals surface area contributed by atoms with E-state index < -0.39 is 0 Å². The highest BCUT2D eigenvalue weighted by Crippen LogP contribution is 2.27. The summed E-state index contributed by atoms with van der Waals surface area (Å²) in [7, 11) is 0. The molecular weight excluding hydrogens is 351 g/mol. The summed E-state index contributed by atoms with van der Waals surface area (Å²) in [5.74, 6) is -0.574. The lowest BCUT2D eigenvalue weighted by Crippen LogP contribution is -2.43. The first-order valence-electron chi connectivity index (χ1n) is 7.62. The number of furan rings is 1. The van der Waals surface area contributed by atoms with E-state index in [1.165, 1.54) is 12.5 Å². The van der Waals surface area contributed by atoms with E-state index in [9.17, 15) is 9.59 Å². The molecule has 0 spiro atoms. The summed E-state index contributed by atoms with van der Waals surface area (Å²) in [6.45, 7) is 1.000. The average molecular weight is 367 g/mol. The Labute approximate surface area is 149 Å². The molecule has 0 radical (unpaired) electrons.